The molecule has 0 fully saturated rings. The summed E-state index contributed by atoms with van der Waals surface area (Å²) in [6.45, 7) is 0. The molecule has 1 unspecified atom stereocenters. The van der Waals surface area contributed by atoms with E-state index in [2.05, 4.69) is 10.2 Å². The quantitative estimate of drug-likeness (QED) is 0.511. The molecule has 146 valence electrons. The lowest BCUT2D eigenvalue weighted by Crippen LogP contribution is -2.19. The predicted molar refractivity (Wildman–Crippen MR) is 108 cm³/mol. The van der Waals surface area contributed by atoms with E-state index in [9.17, 15) is 9.90 Å². The van der Waals surface area contributed by atoms with Gasteiger partial charge in [-0.3, -0.25) is 0 Å². The third kappa shape index (κ3) is 3.86. The maximum Gasteiger partial charge on any atom is 0.349 e. The summed E-state index contributed by atoms with van der Waals surface area (Å²) < 4.78 is 11.2. The number of carboxylic acid groups (broad SMARTS) is 1. The molecule has 7 nitrogen and oxygen atoms in total. The summed E-state index contributed by atoms with van der Waals surface area (Å²) in [5, 5.41) is 19.1. The summed E-state index contributed by atoms with van der Waals surface area (Å²) in [5.41, 5.74) is 2.32. The molecule has 0 saturated carbocycles. The molecule has 0 spiro atoms. The second-order valence-corrected chi connectivity index (χ2v) is 6.64. The van der Waals surface area contributed by atoms with Crippen LogP contribution in [0.1, 0.15) is 11.7 Å². The van der Waals surface area contributed by atoms with Crippen molar-refractivity contribution in [3.05, 3.63) is 77.3 Å². The van der Waals surface area contributed by atoms with Crippen LogP contribution in [0.25, 0.3) is 16.7 Å². The molecule has 1 atom stereocenters. The fourth-order valence-corrected chi connectivity index (χ4v) is 3.00. The predicted octanol–water partition coefficient (Wildman–Crippen LogP) is 4.29. The smallest absolute Gasteiger partial charge is 0.349 e. The van der Waals surface area contributed by atoms with Crippen LogP contribution in [0, 0.1) is 0 Å². The van der Waals surface area contributed by atoms with Crippen LogP contribution in [-0.2, 0) is 4.79 Å². The van der Waals surface area contributed by atoms with Crippen molar-refractivity contribution in [1.29, 1.82) is 0 Å². The average Bonchev–Trinajstić information content (AvgIpc) is 3.16. The Morgan fingerprint density at radius 1 is 1.03 bits per heavy atom. The van der Waals surface area contributed by atoms with Crippen molar-refractivity contribution >= 4 is 28.6 Å². The molecule has 4 rings (SSSR count). The van der Waals surface area contributed by atoms with E-state index in [0.29, 0.717) is 38.8 Å². The van der Waals surface area contributed by atoms with Gasteiger partial charge in [0.1, 0.15) is 28.2 Å². The van der Waals surface area contributed by atoms with Crippen LogP contribution >= 0.6 is 11.6 Å². The van der Waals surface area contributed by atoms with Crippen molar-refractivity contribution in [1.82, 2.24) is 15.0 Å². The largest absolute Gasteiger partial charge is 0.497 e. The number of nitrogens with zero attached hydrogens (tertiary/aromatic N) is 3. The molecular weight excluding hydrogens is 394 g/mol. The number of hydrogen-bond acceptors (Lipinski definition) is 5. The number of fused-ring (bicyclic) bond motifs is 1. The number of aliphatic carboxylic acids is 1. The minimum Gasteiger partial charge on any atom is -0.497 e. The molecule has 1 heterocycles. The van der Waals surface area contributed by atoms with Crippen molar-refractivity contribution in [2.24, 2.45) is 0 Å². The van der Waals surface area contributed by atoms with Crippen molar-refractivity contribution < 1.29 is 19.4 Å². The van der Waals surface area contributed by atoms with Crippen molar-refractivity contribution in [2.45, 2.75) is 6.10 Å². The molecule has 0 aliphatic heterocycles. The second kappa shape index (κ2) is 7.81. The van der Waals surface area contributed by atoms with E-state index in [4.69, 9.17) is 21.1 Å². The van der Waals surface area contributed by atoms with Gasteiger partial charge < -0.3 is 14.6 Å². The zero-order valence-corrected chi connectivity index (χ0v) is 16.1. The highest BCUT2D eigenvalue weighted by atomic mass is 35.5. The number of hydrogen-bond donors (Lipinski definition) is 1. The van der Waals surface area contributed by atoms with Gasteiger partial charge in [-0.25, -0.2) is 4.79 Å². The SMILES string of the molecule is COc1ccc(OC(C(=O)O)c2ccc(Cl)cc2)c(-n2nc3ccccc3n2)c1. The fourth-order valence-electron chi connectivity index (χ4n) is 2.87. The Morgan fingerprint density at radius 2 is 1.69 bits per heavy atom. The van der Waals surface area contributed by atoms with E-state index in [1.165, 1.54) is 4.80 Å². The minimum absolute atomic E-state index is 0.299. The van der Waals surface area contributed by atoms with Gasteiger partial charge in [0.25, 0.3) is 0 Å². The van der Waals surface area contributed by atoms with E-state index in [1.807, 2.05) is 24.3 Å². The van der Waals surface area contributed by atoms with Gasteiger partial charge in [0, 0.05) is 16.7 Å². The number of carboxylic acids is 1. The van der Waals surface area contributed by atoms with Gasteiger partial charge in [0.05, 0.1) is 7.11 Å². The Kier molecular flexibility index (Phi) is 5.05. The lowest BCUT2D eigenvalue weighted by Gasteiger charge is -2.18. The van der Waals surface area contributed by atoms with Gasteiger partial charge in [-0.2, -0.15) is 0 Å². The van der Waals surface area contributed by atoms with Crippen LogP contribution in [-0.4, -0.2) is 33.2 Å². The zero-order valence-electron chi connectivity index (χ0n) is 15.3. The lowest BCUT2D eigenvalue weighted by atomic mass is 10.1. The van der Waals surface area contributed by atoms with Crippen molar-refractivity contribution in [3.63, 3.8) is 0 Å². The van der Waals surface area contributed by atoms with E-state index in [-0.39, 0.29) is 0 Å². The molecule has 4 aromatic rings. The van der Waals surface area contributed by atoms with Crippen molar-refractivity contribution in [3.8, 4) is 17.2 Å². The van der Waals surface area contributed by atoms with Crippen molar-refractivity contribution in [2.75, 3.05) is 7.11 Å². The van der Waals surface area contributed by atoms with E-state index < -0.39 is 12.1 Å². The first-order valence-electron chi connectivity index (χ1n) is 8.70. The highest BCUT2D eigenvalue weighted by Gasteiger charge is 2.24. The maximum atomic E-state index is 11.9. The number of rotatable bonds is 6. The van der Waals surface area contributed by atoms with E-state index >= 15 is 0 Å². The van der Waals surface area contributed by atoms with Gasteiger partial charge in [0.15, 0.2) is 0 Å². The number of aromatic nitrogens is 3. The van der Waals surface area contributed by atoms with Crippen LogP contribution in [0.4, 0.5) is 0 Å². The zero-order chi connectivity index (χ0) is 20.4. The lowest BCUT2D eigenvalue weighted by molar-refractivity contribution is -0.145. The topological polar surface area (TPSA) is 86.5 Å². The van der Waals surface area contributed by atoms with Crippen LogP contribution < -0.4 is 9.47 Å². The second-order valence-electron chi connectivity index (χ2n) is 6.20. The van der Waals surface area contributed by atoms with Gasteiger partial charge in [-0.1, -0.05) is 35.9 Å². The molecule has 0 saturated heterocycles. The minimum atomic E-state index is -1.23. The maximum absolute atomic E-state index is 11.9. The molecule has 0 aliphatic carbocycles. The highest BCUT2D eigenvalue weighted by molar-refractivity contribution is 6.30. The third-order valence-corrected chi connectivity index (χ3v) is 4.56. The molecule has 0 amide bonds. The Morgan fingerprint density at radius 3 is 2.28 bits per heavy atom. The van der Waals surface area contributed by atoms with Gasteiger partial charge >= 0.3 is 5.97 Å². The number of methoxy groups -OCH3 is 1. The first-order valence-corrected chi connectivity index (χ1v) is 9.08. The number of benzene rings is 3. The number of carbonyl (C=O) groups is 1. The van der Waals surface area contributed by atoms with Crippen LogP contribution in [0.3, 0.4) is 0 Å². The summed E-state index contributed by atoms with van der Waals surface area (Å²) >= 11 is 5.91. The molecule has 0 aliphatic rings. The molecule has 8 heteroatoms. The summed E-state index contributed by atoms with van der Waals surface area (Å²) in [6.07, 6.45) is -1.23. The van der Waals surface area contributed by atoms with E-state index in [1.54, 1.807) is 49.6 Å². The average molecular weight is 410 g/mol. The molecule has 0 radical (unpaired) electrons. The summed E-state index contributed by atoms with van der Waals surface area (Å²) in [7, 11) is 1.54. The Labute approximate surface area is 171 Å². The molecule has 3 aromatic carbocycles. The van der Waals surface area contributed by atoms with Crippen LogP contribution in [0.5, 0.6) is 11.5 Å². The van der Waals surface area contributed by atoms with Gasteiger partial charge in [-0.05, 0) is 36.4 Å². The first-order chi connectivity index (χ1) is 14.0. The monoisotopic (exact) mass is 409 g/mol. The summed E-state index contributed by atoms with van der Waals surface area (Å²) in [6, 6.07) is 18.9. The Bertz CT molecular complexity index is 1140. The van der Waals surface area contributed by atoms with E-state index in [0.717, 1.165) is 0 Å². The molecule has 29 heavy (non-hydrogen) atoms. The molecular formula is C21H16ClN3O4. The first kappa shape index (κ1) is 18.8. The van der Waals surface area contributed by atoms with Gasteiger partial charge in [0.2, 0.25) is 6.10 Å². The molecule has 0 bridgehead atoms. The van der Waals surface area contributed by atoms with Crippen LogP contribution in [0.15, 0.2) is 66.7 Å². The van der Waals surface area contributed by atoms with Gasteiger partial charge in [-0.15, -0.1) is 15.0 Å². The number of halogens is 1. The molecule has 1 N–H and O–H groups in total. The summed E-state index contributed by atoms with van der Waals surface area (Å²) in [4.78, 5) is 13.3. The third-order valence-electron chi connectivity index (χ3n) is 4.31. The summed E-state index contributed by atoms with van der Waals surface area (Å²) in [5.74, 6) is -0.270. The highest BCUT2D eigenvalue weighted by Crippen LogP contribution is 2.32. The standard InChI is InChI=1S/C21H16ClN3O4/c1-28-15-10-11-19(29-20(21(26)27)13-6-8-14(22)9-7-13)18(12-15)25-23-16-4-2-3-5-17(16)24-25/h2-12,20H,1H3,(H,26,27). The fraction of sp³-hybridized carbons (Fsp3) is 0.0952. The Hall–Kier alpha value is -3.58. The van der Waals surface area contributed by atoms with Crippen LogP contribution in [0.2, 0.25) is 5.02 Å². The Balaban J connectivity index is 1.78. The normalized spacial score (nSPS) is 11.9. The number of ether oxygens (including phenoxy) is 2. The molecule has 1 aromatic heterocycles.